The third kappa shape index (κ3) is 3.95. The highest BCUT2D eigenvalue weighted by Gasteiger charge is 2.16. The molecule has 0 aliphatic heterocycles. The second-order valence-corrected chi connectivity index (χ2v) is 4.40. The molecule has 3 N–H and O–H groups in total. The fraction of sp³-hybridized carbons (Fsp3) is 0.571. The van der Waals surface area contributed by atoms with Gasteiger partial charge in [0.15, 0.2) is 0 Å². The molecule has 16 heavy (non-hydrogen) atoms. The molecule has 2 unspecified atom stereocenters. The molecule has 90 valence electrons. The van der Waals surface area contributed by atoms with Crippen molar-refractivity contribution >= 4 is 0 Å². The standard InChI is InChI=1S/C14H24N2/c1-3-12(2)14(11-16-10-9-15)13-7-5-4-6-8-13/h4-8,12,14,16H,3,9-11,15H2,1-2H3. The minimum absolute atomic E-state index is 0.595. The fourth-order valence-corrected chi connectivity index (χ4v) is 1.99. The molecular weight excluding hydrogens is 196 g/mol. The predicted octanol–water partition coefficient (Wildman–Crippen LogP) is 2.36. The quantitative estimate of drug-likeness (QED) is 0.692. The lowest BCUT2D eigenvalue weighted by molar-refractivity contribution is 0.422. The van der Waals surface area contributed by atoms with Gasteiger partial charge in [-0.3, -0.25) is 0 Å². The third-order valence-corrected chi connectivity index (χ3v) is 3.24. The van der Waals surface area contributed by atoms with E-state index in [4.69, 9.17) is 5.73 Å². The topological polar surface area (TPSA) is 38.0 Å². The van der Waals surface area contributed by atoms with E-state index in [9.17, 15) is 0 Å². The summed E-state index contributed by atoms with van der Waals surface area (Å²) in [6, 6.07) is 10.8. The van der Waals surface area contributed by atoms with Crippen molar-refractivity contribution in [1.82, 2.24) is 5.32 Å². The molecule has 0 amide bonds. The average molecular weight is 220 g/mol. The molecule has 1 aromatic carbocycles. The van der Waals surface area contributed by atoms with Crippen LogP contribution in [0.3, 0.4) is 0 Å². The molecule has 2 heteroatoms. The van der Waals surface area contributed by atoms with Crippen LogP contribution in [0.25, 0.3) is 0 Å². The lowest BCUT2D eigenvalue weighted by Crippen LogP contribution is -2.29. The van der Waals surface area contributed by atoms with Crippen molar-refractivity contribution in [2.75, 3.05) is 19.6 Å². The molecule has 2 nitrogen and oxygen atoms in total. The van der Waals surface area contributed by atoms with Gasteiger partial charge in [-0.15, -0.1) is 0 Å². The van der Waals surface area contributed by atoms with Crippen LogP contribution in [0.15, 0.2) is 30.3 Å². The van der Waals surface area contributed by atoms with E-state index in [1.54, 1.807) is 0 Å². The summed E-state index contributed by atoms with van der Waals surface area (Å²) in [5.41, 5.74) is 6.93. The molecule has 0 saturated heterocycles. The number of hydrogen-bond donors (Lipinski definition) is 2. The summed E-state index contributed by atoms with van der Waals surface area (Å²) in [5, 5.41) is 3.42. The maximum Gasteiger partial charge on any atom is 0.00747 e. The van der Waals surface area contributed by atoms with E-state index in [1.807, 2.05) is 0 Å². The van der Waals surface area contributed by atoms with E-state index in [0.29, 0.717) is 18.4 Å². The first kappa shape index (κ1) is 13.2. The molecule has 0 spiro atoms. The van der Waals surface area contributed by atoms with Crippen LogP contribution >= 0.6 is 0 Å². The Bertz CT molecular complexity index is 271. The molecule has 0 aliphatic carbocycles. The largest absolute Gasteiger partial charge is 0.329 e. The molecule has 2 atom stereocenters. The molecule has 1 aromatic rings. The summed E-state index contributed by atoms with van der Waals surface area (Å²) in [7, 11) is 0. The van der Waals surface area contributed by atoms with Gasteiger partial charge < -0.3 is 11.1 Å². The molecular formula is C14H24N2. The van der Waals surface area contributed by atoms with E-state index in [1.165, 1.54) is 12.0 Å². The fourth-order valence-electron chi connectivity index (χ4n) is 1.99. The van der Waals surface area contributed by atoms with E-state index < -0.39 is 0 Å². The van der Waals surface area contributed by atoms with Crippen LogP contribution in [0.5, 0.6) is 0 Å². The Labute approximate surface area is 99.2 Å². The molecule has 0 heterocycles. The van der Waals surface area contributed by atoms with Crippen LogP contribution in [-0.4, -0.2) is 19.6 Å². The maximum absolute atomic E-state index is 5.50. The van der Waals surface area contributed by atoms with Crippen LogP contribution in [0.4, 0.5) is 0 Å². The van der Waals surface area contributed by atoms with Gasteiger partial charge in [-0.2, -0.15) is 0 Å². The van der Waals surface area contributed by atoms with Crippen LogP contribution in [0.2, 0.25) is 0 Å². The lowest BCUT2D eigenvalue weighted by atomic mass is 9.85. The van der Waals surface area contributed by atoms with Crippen molar-refractivity contribution in [2.45, 2.75) is 26.2 Å². The Balaban J connectivity index is 2.64. The zero-order valence-corrected chi connectivity index (χ0v) is 10.4. The summed E-state index contributed by atoms with van der Waals surface area (Å²) in [6.45, 7) is 7.21. The first-order valence-corrected chi connectivity index (χ1v) is 6.25. The molecule has 1 rings (SSSR count). The zero-order chi connectivity index (χ0) is 11.8. The van der Waals surface area contributed by atoms with Gasteiger partial charge in [0, 0.05) is 19.6 Å². The molecule has 0 aliphatic rings. The highest BCUT2D eigenvalue weighted by atomic mass is 14.9. The summed E-state index contributed by atoms with van der Waals surface area (Å²) in [6.07, 6.45) is 1.21. The zero-order valence-electron chi connectivity index (χ0n) is 10.4. The van der Waals surface area contributed by atoms with Gasteiger partial charge in [0.2, 0.25) is 0 Å². The van der Waals surface area contributed by atoms with Gasteiger partial charge in [-0.05, 0) is 17.4 Å². The molecule has 0 bridgehead atoms. The van der Waals surface area contributed by atoms with Crippen molar-refractivity contribution in [2.24, 2.45) is 11.7 Å². The van der Waals surface area contributed by atoms with Gasteiger partial charge in [0.25, 0.3) is 0 Å². The van der Waals surface area contributed by atoms with Crippen molar-refractivity contribution in [3.8, 4) is 0 Å². The highest BCUT2D eigenvalue weighted by molar-refractivity contribution is 5.20. The number of hydrogen-bond acceptors (Lipinski definition) is 2. The summed E-state index contributed by atoms with van der Waals surface area (Å²) in [5.74, 6) is 1.30. The minimum Gasteiger partial charge on any atom is -0.329 e. The Morgan fingerprint density at radius 1 is 1.25 bits per heavy atom. The second kappa shape index (κ2) is 7.42. The van der Waals surface area contributed by atoms with Crippen LogP contribution in [-0.2, 0) is 0 Å². The average Bonchev–Trinajstić information content (AvgIpc) is 2.35. The van der Waals surface area contributed by atoms with E-state index in [2.05, 4.69) is 49.5 Å². The first-order valence-electron chi connectivity index (χ1n) is 6.25. The van der Waals surface area contributed by atoms with Crippen molar-refractivity contribution in [3.05, 3.63) is 35.9 Å². The summed E-state index contributed by atoms with van der Waals surface area (Å²) < 4.78 is 0. The maximum atomic E-state index is 5.50. The molecule has 0 saturated carbocycles. The van der Waals surface area contributed by atoms with Crippen LogP contribution < -0.4 is 11.1 Å². The summed E-state index contributed by atoms with van der Waals surface area (Å²) in [4.78, 5) is 0. The van der Waals surface area contributed by atoms with E-state index in [0.717, 1.165) is 13.1 Å². The van der Waals surface area contributed by atoms with Gasteiger partial charge >= 0.3 is 0 Å². The highest BCUT2D eigenvalue weighted by Crippen LogP contribution is 2.25. The van der Waals surface area contributed by atoms with E-state index in [-0.39, 0.29) is 0 Å². The van der Waals surface area contributed by atoms with Crippen molar-refractivity contribution < 1.29 is 0 Å². The first-order chi connectivity index (χ1) is 7.79. The normalized spacial score (nSPS) is 14.7. The summed E-state index contributed by atoms with van der Waals surface area (Å²) >= 11 is 0. The van der Waals surface area contributed by atoms with Crippen molar-refractivity contribution in [1.29, 1.82) is 0 Å². The predicted molar refractivity (Wildman–Crippen MR) is 70.6 cm³/mol. The smallest absolute Gasteiger partial charge is 0.00747 e. The second-order valence-electron chi connectivity index (χ2n) is 4.40. The number of nitrogens with two attached hydrogens (primary N) is 1. The third-order valence-electron chi connectivity index (χ3n) is 3.24. The number of rotatable bonds is 7. The molecule has 0 radical (unpaired) electrons. The van der Waals surface area contributed by atoms with Gasteiger partial charge in [-0.1, -0.05) is 50.6 Å². The molecule has 0 aromatic heterocycles. The van der Waals surface area contributed by atoms with Crippen LogP contribution in [0.1, 0.15) is 31.7 Å². The Morgan fingerprint density at radius 3 is 2.50 bits per heavy atom. The van der Waals surface area contributed by atoms with Crippen LogP contribution in [0, 0.1) is 5.92 Å². The van der Waals surface area contributed by atoms with Gasteiger partial charge in [0.05, 0.1) is 0 Å². The van der Waals surface area contributed by atoms with Crippen molar-refractivity contribution in [3.63, 3.8) is 0 Å². The SMILES string of the molecule is CCC(C)C(CNCCN)c1ccccc1. The Morgan fingerprint density at radius 2 is 1.94 bits per heavy atom. The van der Waals surface area contributed by atoms with Gasteiger partial charge in [0.1, 0.15) is 0 Å². The molecule has 0 fully saturated rings. The number of benzene rings is 1. The number of nitrogens with one attached hydrogen (secondary N) is 1. The monoisotopic (exact) mass is 220 g/mol. The Kier molecular flexibility index (Phi) is 6.12. The Hall–Kier alpha value is -0.860. The lowest BCUT2D eigenvalue weighted by Gasteiger charge is -2.24. The van der Waals surface area contributed by atoms with Gasteiger partial charge in [-0.25, -0.2) is 0 Å². The van der Waals surface area contributed by atoms with E-state index >= 15 is 0 Å². The minimum atomic E-state index is 0.595.